The van der Waals surface area contributed by atoms with Gasteiger partial charge in [-0.25, -0.2) is 4.79 Å². The first-order chi connectivity index (χ1) is 9.88. The van der Waals surface area contributed by atoms with Crippen LogP contribution in [-0.4, -0.2) is 23.1 Å². The minimum absolute atomic E-state index is 0.292. The molecule has 0 aliphatic heterocycles. The average molecular weight is 328 g/mol. The third-order valence-corrected chi connectivity index (χ3v) is 3.66. The number of hydrogen-bond donors (Lipinski definition) is 1. The van der Waals surface area contributed by atoms with Gasteiger partial charge in [0.15, 0.2) is 0 Å². The Bertz CT molecular complexity index is 651. The number of carbonyl (C=O) groups excluding carboxylic acids is 1. The van der Waals surface area contributed by atoms with Crippen molar-refractivity contribution < 1.29 is 9.32 Å². The Hall–Kier alpha value is -1.72. The molecule has 0 unspecified atom stereocenters. The van der Waals surface area contributed by atoms with Gasteiger partial charge in [-0.2, -0.15) is 0 Å². The molecule has 21 heavy (non-hydrogen) atoms. The maximum atomic E-state index is 12.2. The van der Waals surface area contributed by atoms with E-state index >= 15 is 0 Å². The van der Waals surface area contributed by atoms with Gasteiger partial charge in [-0.15, -0.1) is 0 Å². The molecule has 0 bridgehead atoms. The quantitative estimate of drug-likeness (QED) is 0.916. The summed E-state index contributed by atoms with van der Waals surface area (Å²) in [5.74, 6) is 0.702. The fourth-order valence-corrected chi connectivity index (χ4v) is 2.18. The van der Waals surface area contributed by atoms with Gasteiger partial charge >= 0.3 is 6.03 Å². The molecule has 0 radical (unpaired) electrons. The molecular weight excluding hydrogens is 313 g/mol. The lowest BCUT2D eigenvalue weighted by atomic mass is 10.2. The second-order valence-corrected chi connectivity index (χ2v) is 5.56. The number of rotatable bonds is 3. The molecule has 0 saturated carbocycles. The molecule has 5 nitrogen and oxygen atoms in total. The summed E-state index contributed by atoms with van der Waals surface area (Å²) in [7, 11) is 1.68. The van der Waals surface area contributed by atoms with Gasteiger partial charge < -0.3 is 14.7 Å². The van der Waals surface area contributed by atoms with Gasteiger partial charge in [0, 0.05) is 17.6 Å². The van der Waals surface area contributed by atoms with Crippen LogP contribution in [-0.2, 0) is 6.54 Å². The van der Waals surface area contributed by atoms with Crippen LogP contribution in [0.2, 0.25) is 10.0 Å². The van der Waals surface area contributed by atoms with E-state index in [2.05, 4.69) is 10.5 Å². The summed E-state index contributed by atoms with van der Waals surface area (Å²) in [5, 5.41) is 7.52. The molecule has 1 aromatic heterocycles. The highest BCUT2D eigenvalue weighted by Crippen LogP contribution is 2.25. The van der Waals surface area contributed by atoms with Crippen molar-refractivity contribution in [2.45, 2.75) is 20.4 Å². The van der Waals surface area contributed by atoms with Crippen LogP contribution in [0.25, 0.3) is 0 Å². The number of carbonyl (C=O) groups is 1. The van der Waals surface area contributed by atoms with Crippen LogP contribution < -0.4 is 5.32 Å². The van der Waals surface area contributed by atoms with E-state index in [4.69, 9.17) is 27.7 Å². The molecule has 7 heteroatoms. The van der Waals surface area contributed by atoms with E-state index in [1.54, 1.807) is 25.2 Å². The average Bonchev–Trinajstić information content (AvgIpc) is 2.74. The summed E-state index contributed by atoms with van der Waals surface area (Å²) < 4.78 is 5.08. The van der Waals surface area contributed by atoms with Gasteiger partial charge in [0.2, 0.25) is 0 Å². The van der Waals surface area contributed by atoms with Gasteiger partial charge in [-0.05, 0) is 32.0 Å². The zero-order chi connectivity index (χ0) is 15.6. The molecule has 0 fully saturated rings. The Morgan fingerprint density at radius 2 is 2.10 bits per heavy atom. The maximum Gasteiger partial charge on any atom is 0.321 e. The molecule has 112 valence electrons. The van der Waals surface area contributed by atoms with Crippen LogP contribution >= 0.6 is 23.2 Å². The Kier molecular flexibility index (Phi) is 4.75. The first-order valence-electron chi connectivity index (χ1n) is 6.27. The fourth-order valence-electron chi connectivity index (χ4n) is 1.84. The molecule has 1 N–H and O–H groups in total. The number of aromatic nitrogens is 1. The zero-order valence-electron chi connectivity index (χ0n) is 11.9. The van der Waals surface area contributed by atoms with Crippen molar-refractivity contribution >= 4 is 34.9 Å². The predicted molar refractivity (Wildman–Crippen MR) is 82.9 cm³/mol. The Labute approximate surface area is 132 Å². The van der Waals surface area contributed by atoms with Crippen LogP contribution in [0.1, 0.15) is 17.0 Å². The van der Waals surface area contributed by atoms with E-state index in [1.807, 2.05) is 13.8 Å². The van der Waals surface area contributed by atoms with Crippen molar-refractivity contribution in [1.29, 1.82) is 0 Å². The SMILES string of the molecule is Cc1noc(C)c1CN(C)C(=O)Nc1cc(Cl)ccc1Cl. The van der Waals surface area contributed by atoms with Crippen molar-refractivity contribution in [2.24, 2.45) is 0 Å². The molecule has 2 rings (SSSR count). The van der Waals surface area contributed by atoms with Gasteiger partial charge in [0.1, 0.15) is 5.76 Å². The first kappa shape index (κ1) is 15.7. The van der Waals surface area contributed by atoms with E-state index in [-0.39, 0.29) is 6.03 Å². The van der Waals surface area contributed by atoms with Gasteiger partial charge in [-0.1, -0.05) is 28.4 Å². The first-order valence-corrected chi connectivity index (χ1v) is 7.03. The molecule has 1 aromatic carbocycles. The predicted octanol–water partition coefficient (Wildman–Crippen LogP) is 4.26. The Morgan fingerprint density at radius 1 is 1.38 bits per heavy atom. The normalized spacial score (nSPS) is 10.5. The highest BCUT2D eigenvalue weighted by molar-refractivity contribution is 6.35. The van der Waals surface area contributed by atoms with Gasteiger partial charge in [-0.3, -0.25) is 0 Å². The second kappa shape index (κ2) is 6.37. The van der Waals surface area contributed by atoms with Crippen molar-refractivity contribution in [3.05, 3.63) is 45.3 Å². The van der Waals surface area contributed by atoms with Crippen molar-refractivity contribution in [3.63, 3.8) is 0 Å². The standard InChI is InChI=1S/C14H15Cl2N3O2/c1-8-11(9(2)21-18-8)7-19(3)14(20)17-13-6-10(15)4-5-12(13)16/h4-6H,7H2,1-3H3,(H,17,20). The van der Waals surface area contributed by atoms with Crippen LogP contribution in [0.5, 0.6) is 0 Å². The van der Waals surface area contributed by atoms with Crippen LogP contribution in [0.15, 0.2) is 22.7 Å². The van der Waals surface area contributed by atoms with E-state index in [0.717, 1.165) is 11.3 Å². The number of aryl methyl sites for hydroxylation is 2. The maximum absolute atomic E-state index is 12.2. The molecule has 2 amide bonds. The third kappa shape index (κ3) is 3.68. The summed E-state index contributed by atoms with van der Waals surface area (Å²) in [4.78, 5) is 13.7. The third-order valence-electron chi connectivity index (χ3n) is 3.09. The highest BCUT2D eigenvalue weighted by Gasteiger charge is 2.16. The van der Waals surface area contributed by atoms with Crippen molar-refractivity contribution in [3.8, 4) is 0 Å². The lowest BCUT2D eigenvalue weighted by Gasteiger charge is -2.18. The van der Waals surface area contributed by atoms with Crippen LogP contribution in [0, 0.1) is 13.8 Å². The fraction of sp³-hybridized carbons (Fsp3) is 0.286. The number of nitrogens with one attached hydrogen (secondary N) is 1. The van der Waals surface area contributed by atoms with Crippen LogP contribution in [0.4, 0.5) is 10.5 Å². The summed E-state index contributed by atoms with van der Waals surface area (Å²) in [6.45, 7) is 4.05. The van der Waals surface area contributed by atoms with E-state index in [1.165, 1.54) is 4.90 Å². The second-order valence-electron chi connectivity index (χ2n) is 4.71. The lowest BCUT2D eigenvalue weighted by molar-refractivity contribution is 0.220. The molecule has 0 aliphatic rings. The Balaban J connectivity index is 2.08. The Morgan fingerprint density at radius 3 is 2.71 bits per heavy atom. The van der Waals surface area contributed by atoms with Crippen molar-refractivity contribution in [1.82, 2.24) is 10.1 Å². The molecular formula is C14H15Cl2N3O2. The molecule has 0 aliphatic carbocycles. The number of benzene rings is 1. The number of halogens is 2. The zero-order valence-corrected chi connectivity index (χ0v) is 13.4. The number of hydrogen-bond acceptors (Lipinski definition) is 3. The smallest absolute Gasteiger partial charge is 0.321 e. The minimum atomic E-state index is -0.292. The number of urea groups is 1. The van der Waals surface area contributed by atoms with E-state index in [0.29, 0.717) is 28.0 Å². The summed E-state index contributed by atoms with van der Waals surface area (Å²) in [6, 6.07) is 4.60. The summed E-state index contributed by atoms with van der Waals surface area (Å²) in [6.07, 6.45) is 0. The monoisotopic (exact) mass is 327 g/mol. The molecule has 0 saturated heterocycles. The van der Waals surface area contributed by atoms with E-state index < -0.39 is 0 Å². The number of amides is 2. The van der Waals surface area contributed by atoms with E-state index in [9.17, 15) is 4.79 Å². The number of nitrogens with zero attached hydrogens (tertiary/aromatic N) is 2. The summed E-state index contributed by atoms with van der Waals surface area (Å²) in [5.41, 5.74) is 2.14. The summed E-state index contributed by atoms with van der Waals surface area (Å²) >= 11 is 11.9. The van der Waals surface area contributed by atoms with Crippen LogP contribution in [0.3, 0.4) is 0 Å². The topological polar surface area (TPSA) is 58.4 Å². The minimum Gasteiger partial charge on any atom is -0.361 e. The molecule has 0 atom stereocenters. The lowest BCUT2D eigenvalue weighted by Crippen LogP contribution is -2.31. The molecule has 0 spiro atoms. The molecule has 2 aromatic rings. The van der Waals surface area contributed by atoms with Crippen molar-refractivity contribution in [2.75, 3.05) is 12.4 Å². The highest BCUT2D eigenvalue weighted by atomic mass is 35.5. The van der Waals surface area contributed by atoms with Gasteiger partial charge in [0.05, 0.1) is 22.9 Å². The molecule has 1 heterocycles. The number of anilines is 1. The van der Waals surface area contributed by atoms with Gasteiger partial charge in [0.25, 0.3) is 0 Å². The largest absolute Gasteiger partial charge is 0.361 e.